The maximum absolute atomic E-state index is 13.7. The Morgan fingerprint density at radius 2 is 2.04 bits per heavy atom. The lowest BCUT2D eigenvalue weighted by atomic mass is 9.81. The van der Waals surface area contributed by atoms with E-state index in [1.807, 2.05) is 0 Å². The number of amides is 1. The summed E-state index contributed by atoms with van der Waals surface area (Å²) < 4.78 is 14.4. The van der Waals surface area contributed by atoms with Crippen LogP contribution in [0.15, 0.2) is 22.7 Å². The number of carbonyl (C=O) groups excluding carboxylic acids is 1. The molecular weight excluding hydrogens is 365 g/mol. The van der Waals surface area contributed by atoms with Crippen LogP contribution < -0.4 is 5.32 Å². The first-order valence-electron chi connectivity index (χ1n) is 7.92. The number of halogens is 2. The summed E-state index contributed by atoms with van der Waals surface area (Å²) in [5, 5.41) is 11.9. The number of rotatable bonds is 6. The fourth-order valence-corrected chi connectivity index (χ4v) is 3.34. The van der Waals surface area contributed by atoms with Crippen molar-refractivity contribution >= 4 is 27.8 Å². The molecule has 0 heterocycles. The van der Waals surface area contributed by atoms with Gasteiger partial charge in [-0.05, 0) is 49.8 Å². The molecule has 0 aliphatic heterocycles. The van der Waals surface area contributed by atoms with Crippen LogP contribution in [0.3, 0.4) is 0 Å². The third-order valence-electron chi connectivity index (χ3n) is 4.33. The number of carboxylic acids is 1. The van der Waals surface area contributed by atoms with Gasteiger partial charge in [-0.1, -0.05) is 28.4 Å². The van der Waals surface area contributed by atoms with Gasteiger partial charge in [-0.15, -0.1) is 0 Å². The Bertz CT molecular complexity index is 579. The predicted molar refractivity (Wildman–Crippen MR) is 88.5 cm³/mol. The Morgan fingerprint density at radius 1 is 1.30 bits per heavy atom. The average Bonchev–Trinajstić information content (AvgIpc) is 2.53. The topological polar surface area (TPSA) is 66.4 Å². The zero-order valence-electron chi connectivity index (χ0n) is 12.9. The molecule has 0 radical (unpaired) electrons. The predicted octanol–water partition coefficient (Wildman–Crippen LogP) is 3.53. The Balaban J connectivity index is 1.73. The van der Waals surface area contributed by atoms with Crippen molar-refractivity contribution in [3.8, 4) is 0 Å². The number of carbonyl (C=O) groups is 2. The molecule has 1 aromatic carbocycles. The fraction of sp³-hybridized carbons (Fsp3) is 0.529. The second-order valence-corrected chi connectivity index (χ2v) is 6.94. The van der Waals surface area contributed by atoms with E-state index in [0.717, 1.165) is 12.8 Å². The average molecular weight is 386 g/mol. The van der Waals surface area contributed by atoms with Gasteiger partial charge in [-0.25, -0.2) is 4.39 Å². The second kappa shape index (κ2) is 8.43. The van der Waals surface area contributed by atoms with Gasteiger partial charge in [0.1, 0.15) is 5.82 Å². The number of hydrogen-bond acceptors (Lipinski definition) is 2. The molecule has 4 nitrogen and oxygen atoms in total. The first-order chi connectivity index (χ1) is 11.0. The summed E-state index contributed by atoms with van der Waals surface area (Å²) in [6.45, 7) is 0.475. The maximum Gasteiger partial charge on any atom is 0.306 e. The van der Waals surface area contributed by atoms with E-state index in [0.29, 0.717) is 42.3 Å². The van der Waals surface area contributed by atoms with Crippen LogP contribution in [0.2, 0.25) is 0 Å². The molecule has 126 valence electrons. The molecule has 2 N–H and O–H groups in total. The van der Waals surface area contributed by atoms with Gasteiger partial charge in [0.15, 0.2) is 0 Å². The molecule has 0 spiro atoms. The highest BCUT2D eigenvalue weighted by molar-refractivity contribution is 9.10. The van der Waals surface area contributed by atoms with E-state index in [1.54, 1.807) is 12.1 Å². The molecular formula is C17H21BrFNO3. The van der Waals surface area contributed by atoms with Crippen molar-refractivity contribution in [2.75, 3.05) is 6.54 Å². The molecule has 6 heteroatoms. The van der Waals surface area contributed by atoms with Crippen molar-refractivity contribution in [3.05, 3.63) is 34.1 Å². The van der Waals surface area contributed by atoms with Crippen molar-refractivity contribution in [1.29, 1.82) is 0 Å². The van der Waals surface area contributed by atoms with Crippen LogP contribution in [-0.4, -0.2) is 23.5 Å². The van der Waals surface area contributed by atoms with Crippen molar-refractivity contribution in [2.45, 2.75) is 38.5 Å². The van der Waals surface area contributed by atoms with Gasteiger partial charge in [-0.2, -0.15) is 0 Å². The second-order valence-electron chi connectivity index (χ2n) is 6.03. The van der Waals surface area contributed by atoms with Gasteiger partial charge < -0.3 is 10.4 Å². The molecule has 1 amide bonds. The van der Waals surface area contributed by atoms with E-state index in [-0.39, 0.29) is 17.6 Å². The van der Waals surface area contributed by atoms with Gasteiger partial charge in [0.05, 0.1) is 5.92 Å². The number of nitrogens with one attached hydrogen (secondary N) is 1. The van der Waals surface area contributed by atoms with E-state index < -0.39 is 11.9 Å². The lowest BCUT2D eigenvalue weighted by Gasteiger charge is -2.25. The third kappa shape index (κ3) is 5.30. The van der Waals surface area contributed by atoms with E-state index in [4.69, 9.17) is 5.11 Å². The molecule has 2 atom stereocenters. The van der Waals surface area contributed by atoms with E-state index in [2.05, 4.69) is 21.2 Å². The number of aryl methyl sites for hydroxylation is 1. The van der Waals surface area contributed by atoms with E-state index in [9.17, 15) is 14.0 Å². The maximum atomic E-state index is 13.7. The van der Waals surface area contributed by atoms with Gasteiger partial charge in [-0.3, -0.25) is 9.59 Å². The zero-order chi connectivity index (χ0) is 16.8. The highest BCUT2D eigenvalue weighted by atomic mass is 79.9. The zero-order valence-corrected chi connectivity index (χ0v) is 14.4. The van der Waals surface area contributed by atoms with Crippen LogP contribution in [-0.2, 0) is 16.0 Å². The summed E-state index contributed by atoms with van der Waals surface area (Å²) in [6.07, 6.45) is 3.81. The standard InChI is InChI=1S/C17H21BrFNO3/c18-14-7-6-11(15(19)10-14)5-2-8-20-16(21)12-3-1-4-13(9-12)17(22)23/h6-7,10,12-13H,1-5,8-9H2,(H,20,21)(H,22,23). The molecule has 1 aliphatic rings. The molecule has 2 unspecified atom stereocenters. The normalized spacial score (nSPS) is 21.0. The summed E-state index contributed by atoms with van der Waals surface area (Å²) in [7, 11) is 0. The lowest BCUT2D eigenvalue weighted by molar-refractivity contribution is -0.144. The van der Waals surface area contributed by atoms with E-state index in [1.165, 1.54) is 6.07 Å². The molecule has 23 heavy (non-hydrogen) atoms. The smallest absolute Gasteiger partial charge is 0.306 e. The number of carboxylic acid groups (broad SMARTS) is 1. The number of aliphatic carboxylic acids is 1. The first kappa shape index (κ1) is 17.9. The molecule has 2 rings (SSSR count). The lowest BCUT2D eigenvalue weighted by Crippen LogP contribution is -2.36. The fourth-order valence-electron chi connectivity index (χ4n) is 3.01. The van der Waals surface area contributed by atoms with Crippen molar-refractivity contribution in [3.63, 3.8) is 0 Å². The van der Waals surface area contributed by atoms with Crippen LogP contribution in [0, 0.1) is 17.7 Å². The third-order valence-corrected chi connectivity index (χ3v) is 4.82. The Labute approximate surface area is 143 Å². The first-order valence-corrected chi connectivity index (χ1v) is 8.71. The minimum absolute atomic E-state index is 0.0766. The van der Waals surface area contributed by atoms with Crippen LogP contribution in [0.4, 0.5) is 4.39 Å². The molecule has 1 fully saturated rings. The molecule has 1 aromatic rings. The van der Waals surface area contributed by atoms with Gasteiger partial charge in [0, 0.05) is 16.9 Å². The molecule has 1 aliphatic carbocycles. The summed E-state index contributed by atoms with van der Waals surface area (Å²) in [6, 6.07) is 4.97. The minimum atomic E-state index is -0.812. The Morgan fingerprint density at radius 3 is 2.74 bits per heavy atom. The van der Waals surface area contributed by atoms with Gasteiger partial charge in [0.2, 0.25) is 5.91 Å². The minimum Gasteiger partial charge on any atom is -0.481 e. The molecule has 0 aromatic heterocycles. The van der Waals surface area contributed by atoms with Crippen molar-refractivity contribution < 1.29 is 19.1 Å². The quantitative estimate of drug-likeness (QED) is 0.736. The Hall–Kier alpha value is -1.43. The summed E-state index contributed by atoms with van der Waals surface area (Å²) in [5.74, 6) is -1.76. The van der Waals surface area contributed by atoms with Crippen molar-refractivity contribution in [1.82, 2.24) is 5.32 Å². The largest absolute Gasteiger partial charge is 0.481 e. The van der Waals surface area contributed by atoms with Crippen LogP contribution in [0.5, 0.6) is 0 Å². The van der Waals surface area contributed by atoms with Gasteiger partial charge in [0.25, 0.3) is 0 Å². The summed E-state index contributed by atoms with van der Waals surface area (Å²) >= 11 is 3.22. The monoisotopic (exact) mass is 385 g/mol. The molecule has 0 bridgehead atoms. The van der Waals surface area contributed by atoms with Gasteiger partial charge >= 0.3 is 5.97 Å². The highest BCUT2D eigenvalue weighted by Gasteiger charge is 2.30. The SMILES string of the molecule is O=C(O)C1CCCC(C(=O)NCCCc2ccc(Br)cc2F)C1. The summed E-state index contributed by atoms with van der Waals surface area (Å²) in [4.78, 5) is 23.1. The Kier molecular flexibility index (Phi) is 6.57. The number of benzene rings is 1. The summed E-state index contributed by atoms with van der Waals surface area (Å²) in [5.41, 5.74) is 0.631. The molecule has 1 saturated carbocycles. The van der Waals surface area contributed by atoms with Crippen LogP contribution in [0.25, 0.3) is 0 Å². The molecule has 0 saturated heterocycles. The highest BCUT2D eigenvalue weighted by Crippen LogP contribution is 2.29. The van der Waals surface area contributed by atoms with Crippen LogP contribution >= 0.6 is 15.9 Å². The van der Waals surface area contributed by atoms with E-state index >= 15 is 0 Å². The van der Waals surface area contributed by atoms with Crippen LogP contribution in [0.1, 0.15) is 37.7 Å². The number of hydrogen-bond donors (Lipinski definition) is 2. The van der Waals surface area contributed by atoms with Crippen molar-refractivity contribution in [2.24, 2.45) is 11.8 Å².